The van der Waals surface area contributed by atoms with Crippen molar-refractivity contribution in [2.45, 2.75) is 26.2 Å². The molecular weight excluding hydrogens is 350 g/mol. The number of pyridine rings is 1. The highest BCUT2D eigenvalue weighted by Crippen LogP contribution is 2.17. The Morgan fingerprint density at radius 2 is 2.04 bits per heavy atom. The molecule has 0 N–H and O–H groups in total. The fourth-order valence-corrected chi connectivity index (χ4v) is 2.32. The number of benzene rings is 1. The Morgan fingerprint density at radius 3 is 2.74 bits per heavy atom. The van der Waals surface area contributed by atoms with Crippen molar-refractivity contribution in [1.82, 2.24) is 4.98 Å². The molecule has 0 atom stereocenters. The number of ether oxygens (including phenoxy) is 1. The number of non-ortho nitro benzene ring substituents is 1. The molecule has 142 valence electrons. The molecule has 1 aromatic heterocycles. The summed E-state index contributed by atoms with van der Waals surface area (Å²) in [4.78, 5) is 31.3. The maximum atomic E-state index is 11.3. The summed E-state index contributed by atoms with van der Waals surface area (Å²) in [5, 5.41) is 15.2. The molecule has 0 amide bonds. The lowest BCUT2D eigenvalue weighted by Gasteiger charge is -2.07. The summed E-state index contributed by atoms with van der Waals surface area (Å²) in [6.07, 6.45) is 4.85. The highest BCUT2D eigenvalue weighted by molar-refractivity contribution is 6.12. The molecule has 0 bridgehead atoms. The van der Waals surface area contributed by atoms with Crippen molar-refractivity contribution in [3.8, 4) is 0 Å². The summed E-state index contributed by atoms with van der Waals surface area (Å²) in [5.41, 5.74) is 1.67. The van der Waals surface area contributed by atoms with E-state index < -0.39 is 4.92 Å². The molecule has 2 rings (SSSR count). The molecule has 1 heterocycles. The molecule has 0 fully saturated rings. The van der Waals surface area contributed by atoms with Crippen LogP contribution >= 0.6 is 0 Å². The summed E-state index contributed by atoms with van der Waals surface area (Å²) in [5.74, 6) is -0.228. The van der Waals surface area contributed by atoms with Gasteiger partial charge in [-0.2, -0.15) is 0 Å². The van der Waals surface area contributed by atoms with Crippen LogP contribution in [0.3, 0.4) is 0 Å². The monoisotopic (exact) mass is 371 g/mol. The Balaban J connectivity index is 2.05. The molecule has 8 heteroatoms. The quantitative estimate of drug-likeness (QED) is 0.208. The molecule has 0 aliphatic carbocycles. The van der Waals surface area contributed by atoms with Gasteiger partial charge in [0.05, 0.1) is 11.5 Å². The number of aromatic nitrogens is 1. The highest BCUT2D eigenvalue weighted by Gasteiger charge is 2.13. The number of carbonyl (C=O) groups excluding carboxylic acids is 1. The predicted molar refractivity (Wildman–Crippen MR) is 99.4 cm³/mol. The van der Waals surface area contributed by atoms with E-state index in [0.717, 1.165) is 0 Å². The second-order valence-corrected chi connectivity index (χ2v) is 5.58. The molecule has 0 spiro atoms. The molecule has 1 aromatic carbocycles. The summed E-state index contributed by atoms with van der Waals surface area (Å²) in [7, 11) is 0. The van der Waals surface area contributed by atoms with E-state index in [2.05, 4.69) is 10.1 Å². The van der Waals surface area contributed by atoms with Crippen molar-refractivity contribution in [2.24, 2.45) is 5.16 Å². The largest absolute Gasteiger partial charge is 0.466 e. The number of nitro benzene ring substituents is 1. The maximum Gasteiger partial charge on any atom is 0.305 e. The standard InChI is InChI=1S/C19H21N3O5/c1-2-26-18(23)10-3-4-12-27-21-19(16-8-6-11-20-14-16)15-7-5-9-17(13-15)22(24)25/h5-9,11,13-14H,2-4,10,12H2,1H3/b21-19-. The summed E-state index contributed by atoms with van der Waals surface area (Å²) < 4.78 is 4.86. The lowest BCUT2D eigenvalue weighted by Crippen LogP contribution is -2.07. The Labute approximate surface area is 157 Å². The highest BCUT2D eigenvalue weighted by atomic mass is 16.6. The maximum absolute atomic E-state index is 11.3. The Hall–Kier alpha value is -3.29. The molecule has 2 aromatic rings. The summed E-state index contributed by atoms with van der Waals surface area (Å²) in [6, 6.07) is 9.73. The first kappa shape index (κ1) is 20.0. The van der Waals surface area contributed by atoms with Gasteiger partial charge in [-0.3, -0.25) is 19.9 Å². The third-order valence-electron chi connectivity index (χ3n) is 3.59. The van der Waals surface area contributed by atoms with E-state index in [-0.39, 0.29) is 11.7 Å². The second kappa shape index (κ2) is 10.6. The first-order valence-corrected chi connectivity index (χ1v) is 8.62. The van der Waals surface area contributed by atoms with Gasteiger partial charge in [-0.15, -0.1) is 0 Å². The zero-order chi connectivity index (χ0) is 19.5. The van der Waals surface area contributed by atoms with Crippen LogP contribution in [-0.2, 0) is 14.4 Å². The van der Waals surface area contributed by atoms with E-state index in [0.29, 0.717) is 49.3 Å². The third-order valence-corrected chi connectivity index (χ3v) is 3.59. The minimum absolute atomic E-state index is 0.0291. The average molecular weight is 371 g/mol. The van der Waals surface area contributed by atoms with Crippen LogP contribution in [0.1, 0.15) is 37.3 Å². The van der Waals surface area contributed by atoms with Gasteiger partial charge in [-0.05, 0) is 31.9 Å². The number of unbranched alkanes of at least 4 members (excludes halogenated alkanes) is 1. The van der Waals surface area contributed by atoms with Crippen molar-refractivity contribution in [1.29, 1.82) is 0 Å². The number of nitro groups is 1. The van der Waals surface area contributed by atoms with Gasteiger partial charge >= 0.3 is 5.97 Å². The van der Waals surface area contributed by atoms with E-state index in [9.17, 15) is 14.9 Å². The predicted octanol–water partition coefficient (Wildman–Crippen LogP) is 3.49. The smallest absolute Gasteiger partial charge is 0.305 e. The summed E-state index contributed by atoms with van der Waals surface area (Å²) >= 11 is 0. The van der Waals surface area contributed by atoms with Gasteiger partial charge in [-0.1, -0.05) is 17.3 Å². The summed E-state index contributed by atoms with van der Waals surface area (Å²) in [6.45, 7) is 2.46. The SMILES string of the molecule is CCOC(=O)CCCCO/N=C(\c1cccnc1)c1cccc([N+](=O)[O-])c1. The van der Waals surface area contributed by atoms with E-state index in [1.54, 1.807) is 43.6 Å². The molecule has 0 aliphatic rings. The first-order chi connectivity index (χ1) is 13.1. The van der Waals surface area contributed by atoms with Crippen LogP contribution in [0.25, 0.3) is 0 Å². The number of nitrogens with zero attached hydrogens (tertiary/aromatic N) is 3. The number of oxime groups is 1. The molecule has 0 radical (unpaired) electrons. The zero-order valence-corrected chi connectivity index (χ0v) is 15.0. The van der Waals surface area contributed by atoms with Crippen molar-refractivity contribution < 1.29 is 19.3 Å². The fraction of sp³-hybridized carbons (Fsp3) is 0.316. The number of carbonyl (C=O) groups is 1. The third kappa shape index (κ3) is 6.50. The van der Waals surface area contributed by atoms with Gasteiger partial charge in [0.15, 0.2) is 0 Å². The number of esters is 1. The van der Waals surface area contributed by atoms with E-state index >= 15 is 0 Å². The van der Waals surface area contributed by atoms with Crippen molar-refractivity contribution in [2.75, 3.05) is 13.2 Å². The van der Waals surface area contributed by atoms with Crippen LogP contribution in [0.2, 0.25) is 0 Å². The molecular formula is C19H21N3O5. The normalized spacial score (nSPS) is 11.1. The molecule has 8 nitrogen and oxygen atoms in total. The van der Waals surface area contributed by atoms with Crippen molar-refractivity contribution in [3.63, 3.8) is 0 Å². The van der Waals surface area contributed by atoms with Crippen LogP contribution in [-0.4, -0.2) is 34.8 Å². The van der Waals surface area contributed by atoms with E-state index in [1.165, 1.54) is 12.1 Å². The number of hydrogen-bond acceptors (Lipinski definition) is 7. The van der Waals surface area contributed by atoms with E-state index in [1.807, 2.05) is 0 Å². The van der Waals surface area contributed by atoms with Crippen LogP contribution in [0.5, 0.6) is 0 Å². The van der Waals surface area contributed by atoms with Gasteiger partial charge in [0.25, 0.3) is 5.69 Å². The molecule has 0 unspecified atom stereocenters. The van der Waals surface area contributed by atoms with Gasteiger partial charge in [0, 0.05) is 42.1 Å². The minimum Gasteiger partial charge on any atom is -0.466 e. The van der Waals surface area contributed by atoms with Crippen molar-refractivity contribution in [3.05, 3.63) is 70.0 Å². The van der Waals surface area contributed by atoms with Gasteiger partial charge < -0.3 is 9.57 Å². The Bertz CT molecular complexity index is 793. The van der Waals surface area contributed by atoms with Gasteiger partial charge in [-0.25, -0.2) is 0 Å². The van der Waals surface area contributed by atoms with Crippen LogP contribution < -0.4 is 0 Å². The molecule has 0 saturated heterocycles. The Kier molecular flexibility index (Phi) is 7.90. The minimum atomic E-state index is -0.458. The van der Waals surface area contributed by atoms with Crippen LogP contribution in [0.4, 0.5) is 5.69 Å². The number of hydrogen-bond donors (Lipinski definition) is 0. The lowest BCUT2D eigenvalue weighted by molar-refractivity contribution is -0.384. The Morgan fingerprint density at radius 1 is 1.22 bits per heavy atom. The first-order valence-electron chi connectivity index (χ1n) is 8.62. The number of rotatable bonds is 10. The molecule has 0 aliphatic heterocycles. The topological polar surface area (TPSA) is 104 Å². The molecule has 27 heavy (non-hydrogen) atoms. The van der Waals surface area contributed by atoms with Crippen LogP contribution in [0, 0.1) is 10.1 Å². The van der Waals surface area contributed by atoms with Gasteiger partial charge in [0.2, 0.25) is 0 Å². The van der Waals surface area contributed by atoms with Crippen LogP contribution in [0.15, 0.2) is 53.9 Å². The lowest BCUT2D eigenvalue weighted by atomic mass is 10.0. The average Bonchev–Trinajstić information content (AvgIpc) is 2.68. The fourth-order valence-electron chi connectivity index (χ4n) is 2.32. The second-order valence-electron chi connectivity index (χ2n) is 5.58. The van der Waals surface area contributed by atoms with Crippen molar-refractivity contribution >= 4 is 17.4 Å². The molecule has 0 saturated carbocycles. The van der Waals surface area contributed by atoms with Gasteiger partial charge in [0.1, 0.15) is 12.3 Å². The zero-order valence-electron chi connectivity index (χ0n) is 15.0. The van der Waals surface area contributed by atoms with E-state index in [4.69, 9.17) is 9.57 Å².